The summed E-state index contributed by atoms with van der Waals surface area (Å²) in [4.78, 5) is -0.0513. The molecule has 0 radical (unpaired) electrons. The van der Waals surface area contributed by atoms with Gasteiger partial charge >= 0.3 is 0 Å². The van der Waals surface area contributed by atoms with Crippen LogP contribution in [-0.2, 0) is 16.6 Å². The van der Waals surface area contributed by atoms with Gasteiger partial charge in [-0.2, -0.15) is 0 Å². The van der Waals surface area contributed by atoms with E-state index in [2.05, 4.69) is 11.6 Å². The summed E-state index contributed by atoms with van der Waals surface area (Å²) in [5, 5.41) is 0. The van der Waals surface area contributed by atoms with E-state index in [-0.39, 0.29) is 23.0 Å². The van der Waals surface area contributed by atoms with E-state index in [0.29, 0.717) is 5.92 Å². The number of nitrogens with two attached hydrogens (primary N) is 1. The van der Waals surface area contributed by atoms with Gasteiger partial charge in [0.05, 0.1) is 4.90 Å². The SMILES string of the molecule is CC1CC(NS(=O)(=O)c2cccc(F)c2CN)C1. The Morgan fingerprint density at radius 2 is 2.11 bits per heavy atom. The van der Waals surface area contributed by atoms with Crippen molar-refractivity contribution < 1.29 is 12.8 Å². The quantitative estimate of drug-likeness (QED) is 0.869. The zero-order valence-electron chi connectivity index (χ0n) is 10.2. The number of halogens is 1. The molecule has 0 saturated heterocycles. The van der Waals surface area contributed by atoms with Crippen LogP contribution in [0.4, 0.5) is 4.39 Å². The molecule has 0 aromatic heterocycles. The van der Waals surface area contributed by atoms with Crippen molar-refractivity contribution in [2.75, 3.05) is 0 Å². The summed E-state index contributed by atoms with van der Waals surface area (Å²) in [6.07, 6.45) is 1.65. The number of benzene rings is 1. The first-order valence-corrected chi connectivity index (χ1v) is 7.42. The van der Waals surface area contributed by atoms with Gasteiger partial charge in [-0.05, 0) is 30.9 Å². The van der Waals surface area contributed by atoms with Crippen LogP contribution in [0.2, 0.25) is 0 Å². The predicted molar refractivity (Wildman–Crippen MR) is 66.8 cm³/mol. The summed E-state index contributed by atoms with van der Waals surface area (Å²) in [5.41, 5.74) is 5.45. The third kappa shape index (κ3) is 2.55. The first kappa shape index (κ1) is 13.5. The molecule has 0 spiro atoms. The predicted octanol–water partition coefficient (Wildman–Crippen LogP) is 1.36. The molecule has 0 heterocycles. The molecule has 0 amide bonds. The molecule has 1 aromatic rings. The zero-order chi connectivity index (χ0) is 13.3. The lowest BCUT2D eigenvalue weighted by Crippen LogP contribution is -2.43. The van der Waals surface area contributed by atoms with E-state index in [1.807, 2.05) is 0 Å². The van der Waals surface area contributed by atoms with Crippen LogP contribution in [-0.4, -0.2) is 14.5 Å². The first-order chi connectivity index (χ1) is 8.44. The number of hydrogen-bond acceptors (Lipinski definition) is 3. The molecule has 18 heavy (non-hydrogen) atoms. The van der Waals surface area contributed by atoms with Crippen LogP contribution in [0.5, 0.6) is 0 Å². The lowest BCUT2D eigenvalue weighted by atomic mass is 9.83. The molecule has 2 rings (SSSR count). The van der Waals surface area contributed by atoms with Crippen LogP contribution < -0.4 is 10.5 Å². The topological polar surface area (TPSA) is 72.2 Å². The number of rotatable bonds is 4. The van der Waals surface area contributed by atoms with Crippen LogP contribution >= 0.6 is 0 Å². The van der Waals surface area contributed by atoms with E-state index in [1.54, 1.807) is 0 Å². The summed E-state index contributed by atoms with van der Waals surface area (Å²) in [7, 11) is -3.68. The van der Waals surface area contributed by atoms with Crippen LogP contribution in [0.15, 0.2) is 23.1 Å². The van der Waals surface area contributed by atoms with Gasteiger partial charge in [0.25, 0.3) is 0 Å². The van der Waals surface area contributed by atoms with E-state index in [0.717, 1.165) is 12.8 Å². The van der Waals surface area contributed by atoms with Crippen LogP contribution in [0.25, 0.3) is 0 Å². The normalized spacial score (nSPS) is 23.7. The molecular formula is C12H17FN2O2S. The highest BCUT2D eigenvalue weighted by Crippen LogP contribution is 2.28. The minimum absolute atomic E-state index is 0.0392. The maximum Gasteiger partial charge on any atom is 0.241 e. The van der Waals surface area contributed by atoms with Gasteiger partial charge in [-0.3, -0.25) is 0 Å². The zero-order valence-corrected chi connectivity index (χ0v) is 11.0. The van der Waals surface area contributed by atoms with Gasteiger partial charge < -0.3 is 5.73 Å². The fourth-order valence-electron chi connectivity index (χ4n) is 2.27. The van der Waals surface area contributed by atoms with Gasteiger partial charge in [0.2, 0.25) is 10.0 Å². The van der Waals surface area contributed by atoms with Crippen molar-refractivity contribution in [1.82, 2.24) is 4.72 Å². The fourth-order valence-corrected chi connectivity index (χ4v) is 3.79. The molecule has 0 bridgehead atoms. The van der Waals surface area contributed by atoms with E-state index in [4.69, 9.17) is 5.73 Å². The highest BCUT2D eigenvalue weighted by molar-refractivity contribution is 7.89. The largest absolute Gasteiger partial charge is 0.326 e. The Hall–Kier alpha value is -0.980. The average Bonchev–Trinajstić information content (AvgIpc) is 2.26. The van der Waals surface area contributed by atoms with Crippen LogP contribution in [0, 0.1) is 11.7 Å². The minimum atomic E-state index is -3.68. The summed E-state index contributed by atoms with van der Waals surface area (Å²) >= 11 is 0. The second kappa shape index (κ2) is 4.95. The van der Waals surface area contributed by atoms with E-state index >= 15 is 0 Å². The molecule has 100 valence electrons. The summed E-state index contributed by atoms with van der Waals surface area (Å²) in [5.74, 6) is -0.0402. The maximum absolute atomic E-state index is 13.5. The molecule has 1 aromatic carbocycles. The minimum Gasteiger partial charge on any atom is -0.326 e. The van der Waals surface area contributed by atoms with Gasteiger partial charge in [-0.15, -0.1) is 0 Å². The van der Waals surface area contributed by atoms with Crippen LogP contribution in [0.1, 0.15) is 25.3 Å². The number of sulfonamides is 1. The molecule has 1 saturated carbocycles. The van der Waals surface area contributed by atoms with Gasteiger partial charge in [-0.1, -0.05) is 13.0 Å². The van der Waals surface area contributed by atoms with Crippen molar-refractivity contribution in [3.63, 3.8) is 0 Å². The standard InChI is InChI=1S/C12H17FN2O2S/c1-8-5-9(6-8)15-18(16,17)12-4-2-3-11(13)10(12)7-14/h2-4,8-9,15H,5-7,14H2,1H3. The summed E-state index contributed by atoms with van der Waals surface area (Å²) in [6.45, 7) is 1.93. The smallest absolute Gasteiger partial charge is 0.241 e. The lowest BCUT2D eigenvalue weighted by Gasteiger charge is -2.33. The lowest BCUT2D eigenvalue weighted by molar-refractivity contribution is 0.270. The van der Waals surface area contributed by atoms with Gasteiger partial charge in [0.15, 0.2) is 0 Å². The third-order valence-electron chi connectivity index (χ3n) is 3.27. The van der Waals surface area contributed by atoms with Gasteiger partial charge in [-0.25, -0.2) is 17.5 Å². The van der Waals surface area contributed by atoms with Crippen molar-refractivity contribution in [3.05, 3.63) is 29.6 Å². The van der Waals surface area contributed by atoms with Crippen LogP contribution in [0.3, 0.4) is 0 Å². The average molecular weight is 272 g/mol. The highest BCUT2D eigenvalue weighted by atomic mass is 32.2. The van der Waals surface area contributed by atoms with Crippen molar-refractivity contribution in [2.24, 2.45) is 11.7 Å². The van der Waals surface area contributed by atoms with E-state index in [1.165, 1.54) is 18.2 Å². The Morgan fingerprint density at radius 1 is 1.44 bits per heavy atom. The van der Waals surface area contributed by atoms with Gasteiger partial charge in [0, 0.05) is 18.2 Å². The van der Waals surface area contributed by atoms with Crippen molar-refractivity contribution in [3.8, 4) is 0 Å². The maximum atomic E-state index is 13.5. The summed E-state index contributed by atoms with van der Waals surface area (Å²) in [6, 6.07) is 3.94. The van der Waals surface area contributed by atoms with Crippen molar-refractivity contribution in [2.45, 2.75) is 37.2 Å². The highest BCUT2D eigenvalue weighted by Gasteiger charge is 2.31. The Morgan fingerprint density at radius 3 is 2.67 bits per heavy atom. The Kier molecular flexibility index (Phi) is 3.70. The Labute approximate surface area is 106 Å². The Balaban J connectivity index is 2.27. The van der Waals surface area contributed by atoms with E-state index < -0.39 is 15.8 Å². The Bertz CT molecular complexity index is 539. The third-order valence-corrected chi connectivity index (χ3v) is 4.87. The van der Waals surface area contributed by atoms with Gasteiger partial charge in [0.1, 0.15) is 5.82 Å². The molecule has 0 aliphatic heterocycles. The first-order valence-electron chi connectivity index (χ1n) is 5.94. The molecule has 4 nitrogen and oxygen atoms in total. The molecular weight excluding hydrogens is 255 g/mol. The molecule has 1 aliphatic carbocycles. The molecule has 0 unspecified atom stereocenters. The van der Waals surface area contributed by atoms with E-state index in [9.17, 15) is 12.8 Å². The number of nitrogens with one attached hydrogen (secondary N) is 1. The van der Waals surface area contributed by atoms with Crippen molar-refractivity contribution in [1.29, 1.82) is 0 Å². The monoisotopic (exact) mass is 272 g/mol. The molecule has 6 heteroatoms. The second-order valence-electron chi connectivity index (χ2n) is 4.82. The number of hydrogen-bond donors (Lipinski definition) is 2. The fraction of sp³-hybridized carbons (Fsp3) is 0.500. The molecule has 1 aliphatic rings. The van der Waals surface area contributed by atoms with Crippen molar-refractivity contribution >= 4 is 10.0 Å². The molecule has 1 fully saturated rings. The molecule has 3 N–H and O–H groups in total. The second-order valence-corrected chi connectivity index (χ2v) is 6.50. The molecule has 0 atom stereocenters. The summed E-state index contributed by atoms with van der Waals surface area (Å²) < 4.78 is 40.4.